The van der Waals surface area contributed by atoms with Crippen molar-refractivity contribution in [1.82, 2.24) is 9.80 Å². The van der Waals surface area contributed by atoms with Gasteiger partial charge in [0.15, 0.2) is 0 Å². The number of likely N-dealkylation sites (N-methyl/N-ethyl adjacent to an activating group) is 1. The van der Waals surface area contributed by atoms with Gasteiger partial charge in [-0.3, -0.25) is 9.69 Å². The molecule has 1 fully saturated rings. The van der Waals surface area contributed by atoms with E-state index in [-0.39, 0.29) is 5.91 Å². The zero-order valence-electron chi connectivity index (χ0n) is 12.9. The van der Waals surface area contributed by atoms with Crippen molar-refractivity contribution in [3.8, 4) is 0 Å². The summed E-state index contributed by atoms with van der Waals surface area (Å²) in [6.07, 6.45) is 1.78. The topological polar surface area (TPSA) is 26.8 Å². The molecule has 1 aliphatic heterocycles. The third kappa shape index (κ3) is 4.41. The van der Waals surface area contributed by atoms with E-state index in [1.165, 1.54) is 0 Å². The predicted molar refractivity (Wildman–Crippen MR) is 87.5 cm³/mol. The highest BCUT2D eigenvalue weighted by Gasteiger charge is 2.21. The van der Waals surface area contributed by atoms with Gasteiger partial charge >= 0.3 is 0 Å². The minimum atomic E-state index is 0.144. The average Bonchev–Trinajstić information content (AvgIpc) is 2.54. The summed E-state index contributed by atoms with van der Waals surface area (Å²) >= 11 is 0. The average molecular weight is 287 g/mol. The number of para-hydroxylation sites is 1. The fourth-order valence-corrected chi connectivity index (χ4v) is 2.63. The van der Waals surface area contributed by atoms with Crippen LogP contribution >= 0.6 is 0 Å². The van der Waals surface area contributed by atoms with Crippen LogP contribution in [0.1, 0.15) is 6.92 Å². The van der Waals surface area contributed by atoms with Gasteiger partial charge in [-0.05, 0) is 18.7 Å². The Balaban J connectivity index is 1.95. The molecular formula is C17H25N3O. The van der Waals surface area contributed by atoms with E-state index < -0.39 is 0 Å². The number of rotatable bonds is 6. The molecule has 4 nitrogen and oxygen atoms in total. The van der Waals surface area contributed by atoms with Crippen LogP contribution in [0.2, 0.25) is 0 Å². The summed E-state index contributed by atoms with van der Waals surface area (Å²) in [5.41, 5.74) is 0.939. The number of piperazine rings is 1. The van der Waals surface area contributed by atoms with E-state index >= 15 is 0 Å². The SMILES string of the molecule is C=CCN(C(=O)CN1CCN(CC)CC1)c1ccccc1. The third-order valence-electron chi connectivity index (χ3n) is 3.95. The number of nitrogens with zero attached hydrogens (tertiary/aromatic N) is 3. The lowest BCUT2D eigenvalue weighted by Crippen LogP contribution is -2.50. The van der Waals surface area contributed by atoms with E-state index in [0.29, 0.717) is 13.1 Å². The second-order valence-electron chi connectivity index (χ2n) is 5.34. The normalized spacial score (nSPS) is 16.6. The van der Waals surface area contributed by atoms with Gasteiger partial charge in [0.2, 0.25) is 5.91 Å². The van der Waals surface area contributed by atoms with E-state index in [9.17, 15) is 4.79 Å². The molecule has 1 saturated heterocycles. The van der Waals surface area contributed by atoms with Crippen LogP contribution in [0, 0.1) is 0 Å². The van der Waals surface area contributed by atoms with Crippen molar-refractivity contribution in [3.63, 3.8) is 0 Å². The molecule has 1 amide bonds. The molecule has 1 aromatic rings. The maximum absolute atomic E-state index is 12.6. The van der Waals surface area contributed by atoms with Gasteiger partial charge in [0.05, 0.1) is 6.54 Å². The van der Waals surface area contributed by atoms with Crippen LogP contribution in [0.5, 0.6) is 0 Å². The standard InChI is InChI=1S/C17H25N3O/c1-3-10-20(16-8-6-5-7-9-16)17(21)15-19-13-11-18(4-2)12-14-19/h3,5-9H,1,4,10-15H2,2H3. The lowest BCUT2D eigenvalue weighted by molar-refractivity contribution is -0.120. The van der Waals surface area contributed by atoms with E-state index in [2.05, 4.69) is 23.3 Å². The molecule has 21 heavy (non-hydrogen) atoms. The number of benzene rings is 1. The molecule has 4 heteroatoms. The van der Waals surface area contributed by atoms with Crippen LogP contribution < -0.4 is 4.90 Å². The first-order valence-corrected chi connectivity index (χ1v) is 7.65. The predicted octanol–water partition coefficient (Wildman–Crippen LogP) is 1.84. The second kappa shape index (κ2) is 7.96. The summed E-state index contributed by atoms with van der Waals surface area (Å²) in [5.74, 6) is 0.144. The minimum absolute atomic E-state index is 0.144. The van der Waals surface area contributed by atoms with Crippen molar-refractivity contribution in [1.29, 1.82) is 0 Å². The van der Waals surface area contributed by atoms with Crippen molar-refractivity contribution in [2.45, 2.75) is 6.92 Å². The largest absolute Gasteiger partial charge is 0.308 e. The molecule has 0 radical (unpaired) electrons. The first-order chi connectivity index (χ1) is 10.2. The Hall–Kier alpha value is -1.65. The fourth-order valence-electron chi connectivity index (χ4n) is 2.63. The van der Waals surface area contributed by atoms with E-state index in [4.69, 9.17) is 0 Å². The van der Waals surface area contributed by atoms with E-state index in [0.717, 1.165) is 38.4 Å². The number of amides is 1. The Morgan fingerprint density at radius 3 is 2.38 bits per heavy atom. The number of hydrogen-bond donors (Lipinski definition) is 0. The van der Waals surface area contributed by atoms with Gasteiger partial charge in [-0.15, -0.1) is 6.58 Å². The molecule has 0 unspecified atom stereocenters. The Morgan fingerprint density at radius 1 is 1.19 bits per heavy atom. The summed E-state index contributed by atoms with van der Waals surface area (Å²) in [4.78, 5) is 19.0. The Kier molecular flexibility index (Phi) is 5.96. The van der Waals surface area contributed by atoms with E-state index in [1.54, 1.807) is 11.0 Å². The lowest BCUT2D eigenvalue weighted by atomic mass is 10.2. The highest BCUT2D eigenvalue weighted by atomic mass is 16.2. The first kappa shape index (κ1) is 15.7. The molecule has 0 spiro atoms. The summed E-state index contributed by atoms with van der Waals surface area (Å²) in [7, 11) is 0. The lowest BCUT2D eigenvalue weighted by Gasteiger charge is -2.34. The molecule has 1 aromatic carbocycles. The number of anilines is 1. The molecule has 0 N–H and O–H groups in total. The molecule has 0 aliphatic carbocycles. The van der Waals surface area contributed by atoms with Crippen molar-refractivity contribution in [2.75, 3.05) is 50.7 Å². The zero-order valence-corrected chi connectivity index (χ0v) is 12.9. The molecular weight excluding hydrogens is 262 g/mol. The van der Waals surface area contributed by atoms with Crippen molar-refractivity contribution in [3.05, 3.63) is 43.0 Å². The Bertz CT molecular complexity index is 452. The van der Waals surface area contributed by atoms with Crippen LogP contribution in [0.3, 0.4) is 0 Å². The quantitative estimate of drug-likeness (QED) is 0.747. The molecule has 114 valence electrons. The van der Waals surface area contributed by atoms with Gasteiger partial charge in [-0.25, -0.2) is 0 Å². The maximum Gasteiger partial charge on any atom is 0.241 e. The molecule has 0 atom stereocenters. The number of carbonyl (C=O) groups is 1. The van der Waals surface area contributed by atoms with Gasteiger partial charge in [0, 0.05) is 38.4 Å². The molecule has 1 aliphatic rings. The third-order valence-corrected chi connectivity index (χ3v) is 3.95. The molecule has 2 rings (SSSR count). The zero-order chi connectivity index (χ0) is 15.1. The molecule has 0 bridgehead atoms. The number of carbonyl (C=O) groups excluding carboxylic acids is 1. The van der Waals surface area contributed by atoms with Gasteiger partial charge in [-0.2, -0.15) is 0 Å². The Morgan fingerprint density at radius 2 is 1.81 bits per heavy atom. The number of hydrogen-bond acceptors (Lipinski definition) is 3. The summed E-state index contributed by atoms with van der Waals surface area (Å²) < 4.78 is 0. The highest BCUT2D eigenvalue weighted by molar-refractivity contribution is 5.95. The van der Waals surface area contributed by atoms with Crippen LogP contribution in [-0.2, 0) is 4.79 Å². The molecule has 0 aromatic heterocycles. The highest BCUT2D eigenvalue weighted by Crippen LogP contribution is 2.14. The van der Waals surface area contributed by atoms with Gasteiger partial charge in [0.1, 0.15) is 0 Å². The first-order valence-electron chi connectivity index (χ1n) is 7.65. The fraction of sp³-hybridized carbons (Fsp3) is 0.471. The van der Waals surface area contributed by atoms with Gasteiger partial charge in [0.25, 0.3) is 0 Å². The molecule has 0 saturated carbocycles. The van der Waals surface area contributed by atoms with Gasteiger partial charge in [-0.1, -0.05) is 31.2 Å². The summed E-state index contributed by atoms with van der Waals surface area (Å²) in [6.45, 7) is 12.1. The summed E-state index contributed by atoms with van der Waals surface area (Å²) in [6, 6.07) is 9.81. The summed E-state index contributed by atoms with van der Waals surface area (Å²) in [5, 5.41) is 0. The monoisotopic (exact) mass is 287 g/mol. The van der Waals surface area contributed by atoms with E-state index in [1.807, 2.05) is 30.3 Å². The van der Waals surface area contributed by atoms with Crippen molar-refractivity contribution < 1.29 is 4.79 Å². The van der Waals surface area contributed by atoms with Crippen LogP contribution in [-0.4, -0.2) is 61.5 Å². The van der Waals surface area contributed by atoms with Crippen LogP contribution in [0.25, 0.3) is 0 Å². The Labute approximate surface area is 127 Å². The smallest absolute Gasteiger partial charge is 0.241 e. The molecule has 1 heterocycles. The van der Waals surface area contributed by atoms with Crippen LogP contribution in [0.15, 0.2) is 43.0 Å². The van der Waals surface area contributed by atoms with Crippen molar-refractivity contribution in [2.24, 2.45) is 0 Å². The second-order valence-corrected chi connectivity index (χ2v) is 5.34. The van der Waals surface area contributed by atoms with Gasteiger partial charge < -0.3 is 9.80 Å². The minimum Gasteiger partial charge on any atom is -0.308 e. The van der Waals surface area contributed by atoms with Crippen LogP contribution in [0.4, 0.5) is 5.69 Å². The van der Waals surface area contributed by atoms with Crippen molar-refractivity contribution >= 4 is 11.6 Å². The maximum atomic E-state index is 12.6.